The number of rotatable bonds is 9. The Labute approximate surface area is 193 Å². The number of nitrogens with zero attached hydrogens (tertiary/aromatic N) is 2. The quantitative estimate of drug-likeness (QED) is 0.261. The number of carbonyl (C=O) groups is 1. The first-order valence-corrected chi connectivity index (χ1v) is 10.6. The minimum Gasteiger partial charge on any atom is -0.473 e. The number of alkyl halides is 1. The van der Waals surface area contributed by atoms with Crippen molar-refractivity contribution in [3.05, 3.63) is 88.0 Å². The third-order valence-electron chi connectivity index (χ3n) is 4.96. The summed E-state index contributed by atoms with van der Waals surface area (Å²) in [5.74, 6) is -0.454. The van der Waals surface area contributed by atoms with E-state index in [-0.39, 0.29) is 35.2 Å². The summed E-state index contributed by atoms with van der Waals surface area (Å²) in [6.45, 7) is 0.0497. The second-order valence-corrected chi connectivity index (χ2v) is 7.91. The van der Waals surface area contributed by atoms with Gasteiger partial charge in [-0.3, -0.25) is 19.9 Å². The number of nitrogens with one attached hydrogen (secondary N) is 1. The van der Waals surface area contributed by atoms with E-state index in [1.54, 1.807) is 12.1 Å². The van der Waals surface area contributed by atoms with Crippen LogP contribution in [0.2, 0.25) is 0 Å². The molecule has 1 fully saturated rings. The molecule has 33 heavy (non-hydrogen) atoms. The van der Waals surface area contributed by atoms with Crippen molar-refractivity contribution in [3.63, 3.8) is 0 Å². The first-order chi connectivity index (χ1) is 15.9. The van der Waals surface area contributed by atoms with E-state index in [9.17, 15) is 19.3 Å². The van der Waals surface area contributed by atoms with Gasteiger partial charge in [0.1, 0.15) is 11.5 Å². The van der Waals surface area contributed by atoms with E-state index in [0.29, 0.717) is 11.3 Å². The number of nitro benzene ring substituents is 1. The summed E-state index contributed by atoms with van der Waals surface area (Å²) in [4.78, 5) is 26.9. The van der Waals surface area contributed by atoms with E-state index in [4.69, 9.17) is 21.1 Å². The molecule has 0 radical (unpaired) electrons. The van der Waals surface area contributed by atoms with Crippen molar-refractivity contribution in [3.8, 4) is 17.2 Å². The third-order valence-corrected chi connectivity index (χ3v) is 5.41. The average molecular weight is 472 g/mol. The van der Waals surface area contributed by atoms with Crippen LogP contribution in [0.5, 0.6) is 17.2 Å². The average Bonchev–Trinajstić information content (AvgIpc) is 3.65. The molecule has 170 valence electrons. The maximum atomic E-state index is 14.5. The summed E-state index contributed by atoms with van der Waals surface area (Å²) < 4.78 is 25.6. The number of non-ortho nitro benzene ring substituents is 1. The summed E-state index contributed by atoms with van der Waals surface area (Å²) in [5, 5.41) is 13.6. The number of pyridine rings is 1. The lowest BCUT2D eigenvalue weighted by Crippen LogP contribution is -2.24. The number of halogens is 2. The number of carbonyl (C=O) groups excluding carboxylic acids is 1. The number of hydrogen-bond donors (Lipinski definition) is 1. The van der Waals surface area contributed by atoms with Crippen LogP contribution in [0, 0.1) is 21.8 Å². The highest BCUT2D eigenvalue weighted by Gasteiger charge is 2.32. The smallest absolute Gasteiger partial charge is 0.273 e. The van der Waals surface area contributed by atoms with Crippen molar-refractivity contribution in [2.75, 3.05) is 0 Å². The van der Waals surface area contributed by atoms with Crippen LogP contribution in [0.15, 0.2) is 60.9 Å². The van der Waals surface area contributed by atoms with E-state index >= 15 is 0 Å². The molecule has 0 bridgehead atoms. The fourth-order valence-electron chi connectivity index (χ4n) is 3.03. The van der Waals surface area contributed by atoms with E-state index in [1.807, 2.05) is 0 Å². The number of benzene rings is 2. The zero-order valence-corrected chi connectivity index (χ0v) is 18.0. The van der Waals surface area contributed by atoms with Gasteiger partial charge in [0, 0.05) is 30.9 Å². The third kappa shape index (κ3) is 5.75. The van der Waals surface area contributed by atoms with Crippen LogP contribution in [0.4, 0.5) is 10.1 Å². The van der Waals surface area contributed by atoms with Crippen molar-refractivity contribution in [1.82, 2.24) is 10.3 Å². The number of nitro groups is 1. The molecule has 1 saturated carbocycles. The van der Waals surface area contributed by atoms with Gasteiger partial charge in [0.25, 0.3) is 11.6 Å². The van der Waals surface area contributed by atoms with Crippen LogP contribution in [0.25, 0.3) is 0 Å². The molecule has 4 rings (SSSR count). The van der Waals surface area contributed by atoms with E-state index in [0.717, 1.165) is 12.8 Å². The Hall–Kier alpha value is -3.72. The van der Waals surface area contributed by atoms with E-state index in [2.05, 4.69) is 10.3 Å². The highest BCUT2D eigenvalue weighted by molar-refractivity contribution is 6.20. The summed E-state index contributed by atoms with van der Waals surface area (Å²) in [7, 11) is 0. The Kier molecular flexibility index (Phi) is 6.69. The Morgan fingerprint density at radius 2 is 2.06 bits per heavy atom. The van der Waals surface area contributed by atoms with Crippen LogP contribution in [-0.2, 0) is 6.54 Å². The molecule has 1 atom stereocenters. The molecule has 3 aromatic rings. The van der Waals surface area contributed by atoms with Crippen molar-refractivity contribution in [2.24, 2.45) is 5.92 Å². The fraction of sp³-hybridized carbons (Fsp3) is 0.217. The van der Waals surface area contributed by atoms with Gasteiger partial charge >= 0.3 is 0 Å². The largest absolute Gasteiger partial charge is 0.473 e. The van der Waals surface area contributed by atoms with Gasteiger partial charge in [-0.2, -0.15) is 0 Å². The predicted octanol–water partition coefficient (Wildman–Crippen LogP) is 5.20. The highest BCUT2D eigenvalue weighted by Crippen LogP contribution is 2.37. The van der Waals surface area contributed by atoms with Crippen LogP contribution < -0.4 is 14.8 Å². The fourth-order valence-corrected chi connectivity index (χ4v) is 3.38. The van der Waals surface area contributed by atoms with Gasteiger partial charge in [-0.05, 0) is 42.7 Å². The minimum absolute atomic E-state index is 0.0497. The van der Waals surface area contributed by atoms with Gasteiger partial charge in [0.2, 0.25) is 0 Å². The Balaban J connectivity index is 1.39. The monoisotopic (exact) mass is 471 g/mol. The van der Waals surface area contributed by atoms with E-state index in [1.165, 1.54) is 48.8 Å². The molecule has 1 N–H and O–H groups in total. The molecular formula is C23H19ClFN3O5. The maximum Gasteiger partial charge on any atom is 0.273 e. The van der Waals surface area contributed by atoms with Gasteiger partial charge in [-0.15, -0.1) is 0 Å². The molecule has 0 spiro atoms. The summed E-state index contributed by atoms with van der Waals surface area (Å²) in [6.07, 6.45) is 4.89. The number of hydrogen-bond acceptors (Lipinski definition) is 6. The van der Waals surface area contributed by atoms with Crippen LogP contribution in [0.3, 0.4) is 0 Å². The van der Waals surface area contributed by atoms with Crippen LogP contribution in [-0.4, -0.2) is 21.4 Å². The molecule has 8 nitrogen and oxygen atoms in total. The van der Waals surface area contributed by atoms with Gasteiger partial charge in [-0.1, -0.05) is 23.7 Å². The molecular weight excluding hydrogens is 453 g/mol. The second-order valence-electron chi connectivity index (χ2n) is 7.48. The lowest BCUT2D eigenvalue weighted by molar-refractivity contribution is -0.384. The summed E-state index contributed by atoms with van der Waals surface area (Å²) in [6, 6.07) is 11.2. The molecule has 1 amide bonds. The Bertz CT molecular complexity index is 1190. The number of amides is 1. The predicted molar refractivity (Wildman–Crippen MR) is 118 cm³/mol. The van der Waals surface area contributed by atoms with E-state index < -0.39 is 22.2 Å². The normalized spacial score (nSPS) is 13.8. The SMILES string of the molecule is O=C(NCc1ccc(Oc2cccc([N+](=O)[O-])c2)c(F)c1)c1cnccc1O[C@H](Cl)C1CC1. The molecule has 1 heterocycles. The zero-order chi connectivity index (χ0) is 23.4. The standard InChI is InChI=1S/C23H19ClFN3O5/c24-22(15-5-6-15)33-20-8-9-26-13-18(20)23(29)27-12-14-4-7-21(19(25)10-14)32-17-3-1-2-16(11-17)28(30)31/h1-4,7-11,13,15,22H,5-6,12H2,(H,27,29)/t22-/m0/s1. The Morgan fingerprint density at radius 3 is 2.79 bits per heavy atom. The first-order valence-electron chi connectivity index (χ1n) is 10.1. The molecule has 0 unspecified atom stereocenters. The van der Waals surface area contributed by atoms with Crippen molar-refractivity contribution < 1.29 is 23.6 Å². The summed E-state index contributed by atoms with van der Waals surface area (Å²) >= 11 is 6.22. The molecule has 1 aromatic heterocycles. The van der Waals surface area contributed by atoms with Gasteiger partial charge < -0.3 is 14.8 Å². The minimum atomic E-state index is -0.673. The summed E-state index contributed by atoms with van der Waals surface area (Å²) in [5.41, 5.74) is 0.0527. The lowest BCUT2D eigenvalue weighted by atomic mass is 10.2. The van der Waals surface area contributed by atoms with Crippen molar-refractivity contribution in [2.45, 2.75) is 24.9 Å². The first kappa shape index (κ1) is 22.5. The van der Waals surface area contributed by atoms with Crippen molar-refractivity contribution >= 4 is 23.2 Å². The molecule has 0 aliphatic heterocycles. The van der Waals surface area contributed by atoms with Gasteiger partial charge in [0.05, 0.1) is 16.6 Å². The molecule has 10 heteroatoms. The molecule has 1 aliphatic carbocycles. The molecule has 2 aromatic carbocycles. The van der Waals surface area contributed by atoms with Gasteiger partial charge in [-0.25, -0.2) is 4.39 Å². The van der Waals surface area contributed by atoms with Crippen LogP contribution in [0.1, 0.15) is 28.8 Å². The molecule has 1 aliphatic rings. The number of ether oxygens (including phenoxy) is 2. The maximum absolute atomic E-state index is 14.5. The van der Waals surface area contributed by atoms with Gasteiger partial charge in [0.15, 0.2) is 17.1 Å². The number of aromatic nitrogens is 1. The Morgan fingerprint density at radius 1 is 1.24 bits per heavy atom. The van der Waals surface area contributed by atoms with Crippen molar-refractivity contribution in [1.29, 1.82) is 0 Å². The highest BCUT2D eigenvalue weighted by atomic mass is 35.5. The zero-order valence-electron chi connectivity index (χ0n) is 17.2. The lowest BCUT2D eigenvalue weighted by Gasteiger charge is -2.15. The molecule has 0 saturated heterocycles. The van der Waals surface area contributed by atoms with Crippen LogP contribution >= 0.6 is 11.6 Å². The topological polar surface area (TPSA) is 104 Å². The second kappa shape index (κ2) is 9.83.